The monoisotopic (exact) mass is 235 g/mol. The number of benzene rings is 1. The molecule has 0 unspecified atom stereocenters. The van der Waals surface area contributed by atoms with E-state index in [1.54, 1.807) is 18.2 Å². The normalized spacial score (nSPS) is 14.2. The van der Waals surface area contributed by atoms with Crippen LogP contribution in [0.25, 0.3) is 0 Å². The van der Waals surface area contributed by atoms with E-state index in [-0.39, 0.29) is 0 Å². The van der Waals surface area contributed by atoms with Gasteiger partial charge in [-0.1, -0.05) is 12.1 Å². The number of anilines is 1. The lowest BCUT2D eigenvalue weighted by molar-refractivity contribution is 0.100. The molecule has 0 heterocycles. The quantitative estimate of drug-likeness (QED) is 0.689. The Hall–Kier alpha value is -1.62. The molecule has 84 valence electrons. The summed E-state index contributed by atoms with van der Waals surface area (Å²) in [4.78, 5) is 11.2. The molecule has 0 spiro atoms. The Morgan fingerprint density at radius 1 is 1.38 bits per heavy atom. The van der Waals surface area contributed by atoms with Crippen molar-refractivity contribution in [2.75, 3.05) is 5.32 Å². The molecule has 16 heavy (non-hydrogen) atoms. The Balaban J connectivity index is 2.07. The van der Waals surface area contributed by atoms with Gasteiger partial charge in [-0.15, -0.1) is 0 Å². The molecule has 1 aromatic rings. The maximum atomic E-state index is 11.2. The summed E-state index contributed by atoms with van der Waals surface area (Å²) >= 11 is 5.12. The molecular formula is C11H13N3OS. The molecule has 4 nitrogen and oxygen atoms in total. The third kappa shape index (κ3) is 2.70. The molecule has 4 N–H and O–H groups in total. The third-order valence-electron chi connectivity index (χ3n) is 2.35. The predicted molar refractivity (Wildman–Crippen MR) is 67.3 cm³/mol. The van der Waals surface area contributed by atoms with Crippen LogP contribution in [0.3, 0.4) is 0 Å². The van der Waals surface area contributed by atoms with Gasteiger partial charge in [0.25, 0.3) is 5.91 Å². The molecular weight excluding hydrogens is 222 g/mol. The van der Waals surface area contributed by atoms with Crippen LogP contribution in [0.15, 0.2) is 24.3 Å². The van der Waals surface area contributed by atoms with Crippen molar-refractivity contribution in [2.24, 2.45) is 5.73 Å². The van der Waals surface area contributed by atoms with Gasteiger partial charge in [0, 0.05) is 6.04 Å². The van der Waals surface area contributed by atoms with E-state index >= 15 is 0 Å². The maximum Gasteiger partial charge on any atom is 0.250 e. The Bertz CT molecular complexity index is 429. The van der Waals surface area contributed by atoms with Crippen LogP contribution in [-0.4, -0.2) is 17.1 Å². The fourth-order valence-electron chi connectivity index (χ4n) is 1.38. The molecule has 5 heteroatoms. The Morgan fingerprint density at radius 3 is 2.69 bits per heavy atom. The molecule has 1 amide bonds. The highest BCUT2D eigenvalue weighted by Gasteiger charge is 2.22. The zero-order chi connectivity index (χ0) is 11.5. The average molecular weight is 235 g/mol. The number of amides is 1. The minimum atomic E-state index is -0.461. The first kappa shape index (κ1) is 10.9. The molecule has 0 atom stereocenters. The minimum Gasteiger partial charge on any atom is -0.366 e. The Kier molecular flexibility index (Phi) is 3.05. The zero-order valence-electron chi connectivity index (χ0n) is 8.69. The van der Waals surface area contributed by atoms with E-state index in [1.165, 1.54) is 0 Å². The summed E-state index contributed by atoms with van der Waals surface area (Å²) in [7, 11) is 0. The summed E-state index contributed by atoms with van der Waals surface area (Å²) in [6.45, 7) is 0. The number of carbonyl (C=O) groups is 1. The third-order valence-corrected chi connectivity index (χ3v) is 2.57. The summed E-state index contributed by atoms with van der Waals surface area (Å²) in [6, 6.07) is 7.53. The second-order valence-electron chi connectivity index (χ2n) is 3.78. The van der Waals surface area contributed by atoms with E-state index < -0.39 is 5.91 Å². The summed E-state index contributed by atoms with van der Waals surface area (Å²) in [5.41, 5.74) is 6.35. The molecule has 0 bridgehead atoms. The molecule has 0 radical (unpaired) electrons. The van der Waals surface area contributed by atoms with Gasteiger partial charge in [0.1, 0.15) is 0 Å². The van der Waals surface area contributed by atoms with Crippen LogP contribution in [0, 0.1) is 0 Å². The van der Waals surface area contributed by atoms with E-state index in [0.717, 1.165) is 12.8 Å². The van der Waals surface area contributed by atoms with Crippen molar-refractivity contribution in [3.63, 3.8) is 0 Å². The number of thiocarbonyl (C=S) groups is 1. The van der Waals surface area contributed by atoms with E-state index in [1.807, 2.05) is 6.07 Å². The van der Waals surface area contributed by atoms with Crippen LogP contribution >= 0.6 is 12.2 Å². The predicted octanol–water partition coefficient (Wildman–Crippen LogP) is 1.23. The van der Waals surface area contributed by atoms with E-state index in [0.29, 0.717) is 22.4 Å². The minimum absolute atomic E-state index is 0.447. The molecule has 0 saturated heterocycles. The van der Waals surface area contributed by atoms with E-state index in [9.17, 15) is 4.79 Å². The molecule has 1 saturated carbocycles. The van der Waals surface area contributed by atoms with Crippen LogP contribution in [0.5, 0.6) is 0 Å². The number of hydrogen-bond acceptors (Lipinski definition) is 2. The standard InChI is InChI=1S/C11H13N3OS/c12-10(15)8-3-1-2-4-9(8)14-11(16)13-7-5-6-7/h1-4,7H,5-6H2,(H2,12,15)(H2,13,14,16). The number of nitrogens with two attached hydrogens (primary N) is 1. The van der Waals surface area contributed by atoms with Crippen molar-refractivity contribution in [3.05, 3.63) is 29.8 Å². The zero-order valence-corrected chi connectivity index (χ0v) is 9.51. The number of hydrogen-bond donors (Lipinski definition) is 3. The van der Waals surface area contributed by atoms with Gasteiger partial charge in [-0.2, -0.15) is 0 Å². The first-order valence-electron chi connectivity index (χ1n) is 5.13. The highest BCUT2D eigenvalue weighted by Crippen LogP contribution is 2.19. The fraction of sp³-hybridized carbons (Fsp3) is 0.273. The van der Waals surface area contributed by atoms with Gasteiger partial charge >= 0.3 is 0 Å². The lowest BCUT2D eigenvalue weighted by Crippen LogP contribution is -2.31. The highest BCUT2D eigenvalue weighted by atomic mass is 32.1. The number of rotatable bonds is 3. The van der Waals surface area contributed by atoms with Gasteiger partial charge in [-0.05, 0) is 37.2 Å². The summed E-state index contributed by atoms with van der Waals surface area (Å²) < 4.78 is 0. The lowest BCUT2D eigenvalue weighted by atomic mass is 10.1. The summed E-state index contributed by atoms with van der Waals surface area (Å²) in [6.07, 6.45) is 2.30. The van der Waals surface area contributed by atoms with E-state index in [4.69, 9.17) is 18.0 Å². The second-order valence-corrected chi connectivity index (χ2v) is 4.19. The van der Waals surface area contributed by atoms with Crippen LogP contribution in [0.1, 0.15) is 23.2 Å². The topological polar surface area (TPSA) is 67.2 Å². The van der Waals surface area contributed by atoms with Crippen molar-refractivity contribution in [2.45, 2.75) is 18.9 Å². The number of primary amides is 1. The molecule has 0 aromatic heterocycles. The molecule has 1 fully saturated rings. The highest BCUT2D eigenvalue weighted by molar-refractivity contribution is 7.80. The van der Waals surface area contributed by atoms with Crippen molar-refractivity contribution < 1.29 is 4.79 Å². The summed E-state index contributed by atoms with van der Waals surface area (Å²) in [5, 5.41) is 6.66. The van der Waals surface area contributed by atoms with Crippen LogP contribution < -0.4 is 16.4 Å². The maximum absolute atomic E-state index is 11.2. The first-order chi connectivity index (χ1) is 7.66. The molecule has 1 aliphatic carbocycles. The first-order valence-corrected chi connectivity index (χ1v) is 5.54. The average Bonchev–Trinajstić information content (AvgIpc) is 3.02. The lowest BCUT2D eigenvalue weighted by Gasteiger charge is -2.11. The van der Waals surface area contributed by atoms with Gasteiger partial charge in [0.05, 0.1) is 11.3 Å². The molecule has 1 aliphatic rings. The largest absolute Gasteiger partial charge is 0.366 e. The van der Waals surface area contributed by atoms with Crippen LogP contribution in [0.2, 0.25) is 0 Å². The van der Waals surface area contributed by atoms with Crippen molar-refractivity contribution in [1.29, 1.82) is 0 Å². The molecule has 0 aliphatic heterocycles. The SMILES string of the molecule is NC(=O)c1ccccc1NC(=S)NC1CC1. The fourth-order valence-corrected chi connectivity index (χ4v) is 1.66. The number of carbonyl (C=O) groups excluding carboxylic acids is 1. The smallest absolute Gasteiger partial charge is 0.250 e. The Morgan fingerprint density at radius 2 is 2.06 bits per heavy atom. The number of nitrogens with one attached hydrogen (secondary N) is 2. The van der Waals surface area contributed by atoms with Gasteiger partial charge in [0.15, 0.2) is 5.11 Å². The van der Waals surface area contributed by atoms with Gasteiger partial charge in [-0.3, -0.25) is 4.79 Å². The van der Waals surface area contributed by atoms with Crippen molar-refractivity contribution in [3.8, 4) is 0 Å². The van der Waals surface area contributed by atoms with Crippen LogP contribution in [-0.2, 0) is 0 Å². The second kappa shape index (κ2) is 4.49. The van der Waals surface area contributed by atoms with Crippen molar-refractivity contribution in [1.82, 2.24) is 5.32 Å². The number of para-hydroxylation sites is 1. The molecule has 2 rings (SSSR count). The van der Waals surface area contributed by atoms with Crippen LogP contribution in [0.4, 0.5) is 5.69 Å². The van der Waals surface area contributed by atoms with Gasteiger partial charge < -0.3 is 16.4 Å². The summed E-state index contributed by atoms with van der Waals surface area (Å²) in [5.74, 6) is -0.461. The van der Waals surface area contributed by atoms with Gasteiger partial charge in [-0.25, -0.2) is 0 Å². The van der Waals surface area contributed by atoms with Crippen molar-refractivity contribution >= 4 is 28.9 Å². The van der Waals surface area contributed by atoms with E-state index in [2.05, 4.69) is 10.6 Å². The molecule has 1 aromatic carbocycles. The van der Waals surface area contributed by atoms with Gasteiger partial charge in [0.2, 0.25) is 0 Å². The Labute approximate surface area is 99.2 Å².